The Balaban J connectivity index is 1.25. The molecule has 0 N–H and O–H groups in total. The normalized spacial score (nSPS) is 21.6. The van der Waals surface area contributed by atoms with E-state index in [0.29, 0.717) is 0 Å². The van der Waals surface area contributed by atoms with E-state index in [0.717, 1.165) is 17.9 Å². The molecule has 3 heterocycles. The largest absolute Gasteiger partial charge is 0.440 e. The summed E-state index contributed by atoms with van der Waals surface area (Å²) in [5, 5.41) is 1.28. The number of furan rings is 1. The SMILES string of the molecule is Cc1cc(C)c(-c2cc3c4c(c2)N(c2ccc5c(c2)C(C)(C)CCC5(C)C)c2oc5cc6c(cc5c2B4c2cc(C(C)(C)C)ccc2N3c2ccc(C(C)(C)C)cc2C)C2(C)CCC6(C)CC2)c(C)c1. The first kappa shape index (κ1) is 45.6. The van der Waals surface area contributed by atoms with Crippen molar-refractivity contribution in [3.8, 4) is 11.1 Å². The lowest BCUT2D eigenvalue weighted by atomic mass is 9.33. The predicted molar refractivity (Wildman–Crippen MR) is 300 cm³/mol. The Morgan fingerprint density at radius 3 is 1.64 bits per heavy atom. The fourth-order valence-corrected chi connectivity index (χ4v) is 14.3. The minimum Gasteiger partial charge on any atom is -0.440 e. The molecule has 0 atom stereocenters. The smallest absolute Gasteiger partial charge is 0.257 e. The summed E-state index contributed by atoms with van der Waals surface area (Å²) >= 11 is 0. The molecule has 0 radical (unpaired) electrons. The zero-order valence-corrected chi connectivity index (χ0v) is 45.3. The first-order valence-corrected chi connectivity index (χ1v) is 26.7. The van der Waals surface area contributed by atoms with Crippen molar-refractivity contribution in [3.05, 3.63) is 147 Å². The van der Waals surface area contributed by atoms with Gasteiger partial charge in [0.25, 0.3) is 6.71 Å². The number of benzene rings is 6. The standard InChI is InChI=1S/C66H75BN2O/c1-38-29-40(3)57(41(4)30-38)42-32-54-59-55(33-42)69(52-21-17-43(31-39(52)2)61(5,6)7)53-22-18-44(62(8,9)10)34-51(53)67(59)58-46-36-49-50(66(16)27-25-65(49,15)26-28-66)37-56(46)70-60(58)68(54)45-19-20-47-48(35-45)64(13,14)24-23-63(47,11)12/h17-22,29-37H,23-28H2,1-16H3. The van der Waals surface area contributed by atoms with Crippen LogP contribution in [0.15, 0.2) is 95.4 Å². The molecule has 1 fully saturated rings. The highest BCUT2D eigenvalue weighted by Crippen LogP contribution is 2.58. The predicted octanol–water partition coefficient (Wildman–Crippen LogP) is 16.5. The number of fused-ring (bicyclic) bond motifs is 9. The van der Waals surface area contributed by atoms with Gasteiger partial charge in [0.15, 0.2) is 0 Å². The summed E-state index contributed by atoms with van der Waals surface area (Å²) in [6, 6.07) is 37.1. The first-order valence-electron chi connectivity index (χ1n) is 26.7. The highest BCUT2D eigenvalue weighted by atomic mass is 16.4. The van der Waals surface area contributed by atoms with Gasteiger partial charge in [-0.25, -0.2) is 0 Å². The molecule has 3 nitrogen and oxygen atoms in total. The molecule has 0 spiro atoms. The lowest BCUT2D eigenvalue weighted by Gasteiger charge is -2.52. The van der Waals surface area contributed by atoms with E-state index < -0.39 is 0 Å². The van der Waals surface area contributed by atoms with Crippen molar-refractivity contribution in [2.24, 2.45) is 0 Å². The van der Waals surface area contributed by atoms with E-state index in [9.17, 15) is 0 Å². The van der Waals surface area contributed by atoms with Crippen molar-refractivity contribution in [2.75, 3.05) is 9.80 Å². The summed E-state index contributed by atoms with van der Waals surface area (Å²) in [6.07, 6.45) is 7.30. The quantitative estimate of drug-likeness (QED) is 0.165. The summed E-state index contributed by atoms with van der Waals surface area (Å²) < 4.78 is 7.71. The van der Waals surface area contributed by atoms with Crippen molar-refractivity contribution < 1.29 is 4.42 Å². The molecule has 2 bridgehead atoms. The number of aryl methyl sites for hydroxylation is 4. The van der Waals surface area contributed by atoms with E-state index >= 15 is 0 Å². The van der Waals surface area contributed by atoms with Crippen molar-refractivity contribution in [2.45, 2.75) is 182 Å². The van der Waals surface area contributed by atoms with Gasteiger partial charge < -0.3 is 9.32 Å². The number of rotatable bonds is 3. The molecule has 358 valence electrons. The number of anilines is 6. The molecule has 0 saturated heterocycles. The van der Waals surface area contributed by atoms with Crippen LogP contribution < -0.4 is 26.2 Å². The molecule has 4 heteroatoms. The van der Waals surface area contributed by atoms with Crippen molar-refractivity contribution in [3.63, 3.8) is 0 Å². The van der Waals surface area contributed by atoms with Gasteiger partial charge in [-0.1, -0.05) is 131 Å². The van der Waals surface area contributed by atoms with Gasteiger partial charge in [-0.05, 0) is 219 Å². The monoisotopic (exact) mass is 923 g/mol. The van der Waals surface area contributed by atoms with Crippen LogP contribution in [-0.4, -0.2) is 6.71 Å². The number of hydrogen-bond acceptors (Lipinski definition) is 3. The molecule has 0 amide bonds. The van der Waals surface area contributed by atoms with Crippen LogP contribution in [0.2, 0.25) is 0 Å². The van der Waals surface area contributed by atoms with Crippen LogP contribution in [0.1, 0.15) is 177 Å². The van der Waals surface area contributed by atoms with Gasteiger partial charge >= 0.3 is 0 Å². The van der Waals surface area contributed by atoms with Gasteiger partial charge in [0, 0.05) is 39.3 Å². The molecule has 2 aliphatic heterocycles. The average Bonchev–Trinajstić information content (AvgIpc) is 3.65. The highest BCUT2D eigenvalue weighted by Gasteiger charge is 2.51. The Morgan fingerprint density at radius 1 is 0.486 bits per heavy atom. The van der Waals surface area contributed by atoms with Crippen LogP contribution in [-0.2, 0) is 32.5 Å². The minimum absolute atomic E-state index is 0.0282. The lowest BCUT2D eigenvalue weighted by molar-refractivity contribution is 0.188. The van der Waals surface area contributed by atoms with Crippen LogP contribution in [0.4, 0.5) is 34.3 Å². The molecular formula is C66H75BN2O. The second-order valence-electron chi connectivity index (χ2n) is 26.9. The molecule has 70 heavy (non-hydrogen) atoms. The fraction of sp³-hybridized carbons (Fsp3) is 0.424. The maximum absolute atomic E-state index is 7.71. The van der Waals surface area contributed by atoms with E-state index in [1.807, 2.05) is 0 Å². The van der Waals surface area contributed by atoms with Crippen molar-refractivity contribution in [1.82, 2.24) is 0 Å². The Bertz CT molecular complexity index is 3370. The van der Waals surface area contributed by atoms with Crippen LogP contribution in [0.5, 0.6) is 0 Å². The zero-order chi connectivity index (χ0) is 49.6. The third-order valence-corrected chi connectivity index (χ3v) is 18.8. The van der Waals surface area contributed by atoms with Crippen LogP contribution in [0.3, 0.4) is 0 Å². The van der Waals surface area contributed by atoms with Gasteiger partial charge in [0.1, 0.15) is 5.58 Å². The van der Waals surface area contributed by atoms with Crippen LogP contribution in [0, 0.1) is 27.7 Å². The first-order chi connectivity index (χ1) is 32.8. The molecular weight excluding hydrogens is 848 g/mol. The topological polar surface area (TPSA) is 19.6 Å². The van der Waals surface area contributed by atoms with Gasteiger partial charge in [0.2, 0.25) is 5.88 Å². The summed E-state index contributed by atoms with van der Waals surface area (Å²) in [7, 11) is 0. The van der Waals surface area contributed by atoms with Crippen LogP contribution >= 0.6 is 0 Å². The van der Waals surface area contributed by atoms with Gasteiger partial charge in [0.05, 0.1) is 0 Å². The lowest BCUT2D eigenvalue weighted by Crippen LogP contribution is -2.61. The minimum atomic E-state index is -0.0651. The Hall–Kier alpha value is -5.48. The molecule has 6 aliphatic rings. The highest BCUT2D eigenvalue weighted by molar-refractivity contribution is 7.01. The summed E-state index contributed by atoms with van der Waals surface area (Å²) in [4.78, 5) is 5.22. The van der Waals surface area contributed by atoms with E-state index in [1.165, 1.54) is 144 Å². The van der Waals surface area contributed by atoms with E-state index in [-0.39, 0.29) is 39.2 Å². The molecule has 6 aromatic carbocycles. The number of hydrogen-bond donors (Lipinski definition) is 0. The van der Waals surface area contributed by atoms with E-state index in [2.05, 4.69) is 212 Å². The summed E-state index contributed by atoms with van der Waals surface area (Å²) in [5.74, 6) is 0.969. The second-order valence-corrected chi connectivity index (χ2v) is 26.9. The van der Waals surface area contributed by atoms with E-state index in [1.54, 1.807) is 5.56 Å². The Morgan fingerprint density at radius 2 is 1.04 bits per heavy atom. The molecule has 1 saturated carbocycles. The van der Waals surface area contributed by atoms with Crippen molar-refractivity contribution in [1.29, 1.82) is 0 Å². The maximum atomic E-state index is 7.71. The van der Waals surface area contributed by atoms with Gasteiger partial charge in [-0.3, -0.25) is 4.90 Å². The third kappa shape index (κ3) is 6.52. The van der Waals surface area contributed by atoms with Crippen molar-refractivity contribution >= 4 is 68.4 Å². The van der Waals surface area contributed by atoms with Gasteiger partial charge in [-0.15, -0.1) is 0 Å². The Kier molecular flexibility index (Phi) is 9.51. The molecule has 1 aromatic heterocycles. The third-order valence-electron chi connectivity index (χ3n) is 18.8. The molecule has 0 unspecified atom stereocenters. The van der Waals surface area contributed by atoms with Gasteiger partial charge in [-0.2, -0.15) is 0 Å². The zero-order valence-electron chi connectivity index (χ0n) is 45.3. The second kappa shape index (κ2) is 14.6. The summed E-state index contributed by atoms with van der Waals surface area (Å²) in [6.45, 7) is 38.1. The molecule has 4 aliphatic carbocycles. The Labute approximate surface area is 420 Å². The maximum Gasteiger partial charge on any atom is 0.257 e. The molecule has 7 aromatic rings. The van der Waals surface area contributed by atoms with E-state index in [4.69, 9.17) is 4.42 Å². The fourth-order valence-electron chi connectivity index (χ4n) is 14.3. The number of nitrogens with zero attached hydrogens (tertiary/aromatic N) is 2. The molecule has 13 rings (SSSR count). The average molecular weight is 923 g/mol. The summed E-state index contributed by atoms with van der Waals surface area (Å²) in [5.41, 5.74) is 28.0. The van der Waals surface area contributed by atoms with Crippen LogP contribution in [0.25, 0.3) is 22.1 Å².